The van der Waals surface area contributed by atoms with Crippen molar-refractivity contribution in [3.05, 3.63) is 22.4 Å². The molecule has 1 aromatic rings. The molecule has 3 rings (SSSR count). The van der Waals surface area contributed by atoms with Crippen molar-refractivity contribution in [2.45, 2.75) is 76.2 Å². The van der Waals surface area contributed by atoms with E-state index in [9.17, 15) is 0 Å². The van der Waals surface area contributed by atoms with Crippen LogP contribution in [0.4, 0.5) is 0 Å². The van der Waals surface area contributed by atoms with Gasteiger partial charge in [-0.3, -0.25) is 0 Å². The Morgan fingerprint density at radius 1 is 1.10 bits per heavy atom. The van der Waals surface area contributed by atoms with Crippen LogP contribution in [0, 0.1) is 11.8 Å². The molecule has 0 aromatic carbocycles. The molecule has 1 heterocycles. The summed E-state index contributed by atoms with van der Waals surface area (Å²) in [5.74, 6) is 1.73. The van der Waals surface area contributed by atoms with E-state index in [1.54, 1.807) is 0 Å². The Bertz CT molecular complexity index is 394. The van der Waals surface area contributed by atoms with Crippen LogP contribution < -0.4 is 5.73 Å². The highest BCUT2D eigenvalue weighted by Gasteiger charge is 2.41. The first-order chi connectivity index (χ1) is 9.78. The monoisotopic (exact) mass is 291 g/mol. The van der Waals surface area contributed by atoms with E-state index in [4.69, 9.17) is 5.73 Å². The van der Waals surface area contributed by atoms with E-state index in [1.807, 2.05) is 11.3 Å². The molecule has 0 amide bonds. The lowest BCUT2D eigenvalue weighted by Crippen LogP contribution is -2.52. The van der Waals surface area contributed by atoms with Crippen LogP contribution in [0.15, 0.2) is 16.8 Å². The maximum Gasteiger partial charge on any atom is 0.0188 e. The quantitative estimate of drug-likeness (QED) is 0.815. The molecular formula is C18H29NS. The highest BCUT2D eigenvalue weighted by atomic mass is 32.1. The van der Waals surface area contributed by atoms with Crippen molar-refractivity contribution in [2.75, 3.05) is 0 Å². The van der Waals surface area contributed by atoms with Crippen LogP contribution >= 0.6 is 11.3 Å². The topological polar surface area (TPSA) is 26.0 Å². The number of hydrogen-bond donors (Lipinski definition) is 1. The molecule has 0 spiro atoms. The van der Waals surface area contributed by atoms with Gasteiger partial charge >= 0.3 is 0 Å². The van der Waals surface area contributed by atoms with Gasteiger partial charge in [0.15, 0.2) is 0 Å². The van der Waals surface area contributed by atoms with E-state index in [0.717, 1.165) is 11.8 Å². The summed E-state index contributed by atoms with van der Waals surface area (Å²) in [4.78, 5) is 0. The van der Waals surface area contributed by atoms with Crippen LogP contribution in [0.3, 0.4) is 0 Å². The second kappa shape index (κ2) is 6.62. The molecule has 2 atom stereocenters. The molecule has 0 bridgehead atoms. The molecule has 2 aliphatic rings. The van der Waals surface area contributed by atoms with Crippen LogP contribution in [-0.2, 0) is 6.42 Å². The zero-order valence-corrected chi connectivity index (χ0v) is 13.5. The smallest absolute Gasteiger partial charge is 0.0188 e. The highest BCUT2D eigenvalue weighted by Crippen LogP contribution is 2.44. The number of rotatable bonds is 4. The van der Waals surface area contributed by atoms with Crippen molar-refractivity contribution in [3.8, 4) is 0 Å². The standard InChI is InChI=1S/C18H29NS/c19-18(12-9-15-10-13-20-14-15)11-5-4-8-17(18)16-6-2-1-3-7-16/h10,13-14,16-17H,1-9,11-12,19H2. The first-order valence-corrected chi connectivity index (χ1v) is 9.52. The third-order valence-electron chi connectivity index (χ3n) is 5.82. The lowest BCUT2D eigenvalue weighted by atomic mass is 9.62. The van der Waals surface area contributed by atoms with E-state index in [-0.39, 0.29) is 5.54 Å². The van der Waals surface area contributed by atoms with Gasteiger partial charge in [-0.15, -0.1) is 0 Å². The van der Waals surface area contributed by atoms with Crippen LogP contribution in [0.25, 0.3) is 0 Å². The molecule has 2 fully saturated rings. The minimum Gasteiger partial charge on any atom is -0.325 e. The van der Waals surface area contributed by atoms with Gasteiger partial charge in [0.05, 0.1) is 0 Å². The summed E-state index contributed by atoms with van der Waals surface area (Å²) in [7, 11) is 0. The summed E-state index contributed by atoms with van der Waals surface area (Å²) < 4.78 is 0. The zero-order chi connectivity index (χ0) is 13.8. The van der Waals surface area contributed by atoms with E-state index in [0.29, 0.717) is 0 Å². The maximum atomic E-state index is 6.95. The Morgan fingerprint density at radius 2 is 1.90 bits per heavy atom. The average Bonchev–Trinajstić information content (AvgIpc) is 3.00. The van der Waals surface area contributed by atoms with E-state index in [1.165, 1.54) is 76.2 Å². The average molecular weight is 292 g/mol. The van der Waals surface area contributed by atoms with Gasteiger partial charge in [-0.2, -0.15) is 11.3 Å². The Hall–Kier alpha value is -0.340. The van der Waals surface area contributed by atoms with Gasteiger partial charge in [0, 0.05) is 5.54 Å². The Kier molecular flexibility index (Phi) is 4.83. The molecule has 2 saturated carbocycles. The predicted octanol–water partition coefficient (Wildman–Crippen LogP) is 5.15. The second-order valence-electron chi connectivity index (χ2n) is 7.12. The molecular weight excluding hydrogens is 262 g/mol. The molecule has 0 aliphatic heterocycles. The van der Waals surface area contributed by atoms with Crippen molar-refractivity contribution < 1.29 is 0 Å². The van der Waals surface area contributed by atoms with Gasteiger partial charge in [-0.1, -0.05) is 44.9 Å². The van der Waals surface area contributed by atoms with Gasteiger partial charge in [0.1, 0.15) is 0 Å². The van der Waals surface area contributed by atoms with E-state index >= 15 is 0 Å². The molecule has 2 heteroatoms. The third-order valence-corrected chi connectivity index (χ3v) is 6.56. The number of nitrogens with two attached hydrogens (primary N) is 1. The molecule has 2 unspecified atom stereocenters. The fourth-order valence-corrected chi connectivity index (χ4v) is 5.36. The van der Waals surface area contributed by atoms with Crippen LogP contribution in [0.2, 0.25) is 0 Å². The normalized spacial score (nSPS) is 32.4. The third kappa shape index (κ3) is 3.28. The molecule has 0 radical (unpaired) electrons. The molecule has 2 aliphatic carbocycles. The first kappa shape index (κ1) is 14.6. The van der Waals surface area contributed by atoms with Gasteiger partial charge < -0.3 is 5.73 Å². The minimum atomic E-state index is 0.127. The predicted molar refractivity (Wildman–Crippen MR) is 88.1 cm³/mol. The minimum absolute atomic E-state index is 0.127. The summed E-state index contributed by atoms with van der Waals surface area (Å²) in [6.45, 7) is 0. The van der Waals surface area contributed by atoms with Crippen molar-refractivity contribution in [2.24, 2.45) is 17.6 Å². The van der Waals surface area contributed by atoms with E-state index < -0.39 is 0 Å². The summed E-state index contributed by atoms with van der Waals surface area (Å²) in [6, 6.07) is 2.27. The van der Waals surface area contributed by atoms with Gasteiger partial charge in [0.2, 0.25) is 0 Å². The van der Waals surface area contributed by atoms with Crippen LogP contribution in [-0.4, -0.2) is 5.54 Å². The summed E-state index contributed by atoms with van der Waals surface area (Å²) in [6.07, 6.45) is 15.0. The molecule has 112 valence electrons. The fourth-order valence-electron chi connectivity index (χ4n) is 4.66. The second-order valence-corrected chi connectivity index (χ2v) is 7.90. The van der Waals surface area contributed by atoms with Gasteiger partial charge in [-0.05, 0) is 59.9 Å². The highest BCUT2D eigenvalue weighted by molar-refractivity contribution is 7.07. The molecule has 1 nitrogen and oxygen atoms in total. The van der Waals surface area contributed by atoms with E-state index in [2.05, 4.69) is 16.8 Å². The molecule has 2 N–H and O–H groups in total. The summed E-state index contributed by atoms with van der Waals surface area (Å²) in [5, 5.41) is 4.49. The lowest BCUT2D eigenvalue weighted by Gasteiger charge is -2.46. The Labute approximate surface area is 128 Å². The molecule has 20 heavy (non-hydrogen) atoms. The largest absolute Gasteiger partial charge is 0.325 e. The summed E-state index contributed by atoms with van der Waals surface area (Å²) >= 11 is 1.81. The van der Waals surface area contributed by atoms with Crippen molar-refractivity contribution in [3.63, 3.8) is 0 Å². The number of aryl methyl sites for hydroxylation is 1. The first-order valence-electron chi connectivity index (χ1n) is 8.58. The van der Waals surface area contributed by atoms with Crippen LogP contribution in [0.5, 0.6) is 0 Å². The van der Waals surface area contributed by atoms with Crippen molar-refractivity contribution in [1.82, 2.24) is 0 Å². The number of thiophene rings is 1. The molecule has 1 aromatic heterocycles. The zero-order valence-electron chi connectivity index (χ0n) is 12.7. The van der Waals surface area contributed by atoms with Crippen molar-refractivity contribution >= 4 is 11.3 Å². The number of hydrogen-bond acceptors (Lipinski definition) is 2. The fraction of sp³-hybridized carbons (Fsp3) is 0.778. The van der Waals surface area contributed by atoms with Crippen LogP contribution in [0.1, 0.15) is 69.8 Å². The summed E-state index contributed by atoms with van der Waals surface area (Å²) in [5.41, 5.74) is 8.57. The van der Waals surface area contributed by atoms with Gasteiger partial charge in [0.25, 0.3) is 0 Å². The Balaban J connectivity index is 1.66. The Morgan fingerprint density at radius 3 is 2.65 bits per heavy atom. The lowest BCUT2D eigenvalue weighted by molar-refractivity contribution is 0.0932. The maximum absolute atomic E-state index is 6.95. The molecule has 0 saturated heterocycles. The SMILES string of the molecule is NC1(CCc2ccsc2)CCCCC1C1CCCCC1. The van der Waals surface area contributed by atoms with Gasteiger partial charge in [-0.25, -0.2) is 0 Å². The van der Waals surface area contributed by atoms with Crippen molar-refractivity contribution in [1.29, 1.82) is 0 Å².